The number of carboxylic acids is 1. The highest BCUT2D eigenvalue weighted by molar-refractivity contribution is 6.34. The molecule has 0 unspecified atom stereocenters. The fourth-order valence-corrected chi connectivity index (χ4v) is 3.01. The van der Waals surface area contributed by atoms with Crippen LogP contribution in [0.3, 0.4) is 0 Å². The number of benzene rings is 3. The molecule has 0 spiro atoms. The van der Waals surface area contributed by atoms with Gasteiger partial charge in [0.1, 0.15) is 19.2 Å². The molecule has 1 aromatic heterocycles. The molecular weight excluding hydrogens is 311 g/mol. The zero-order valence-electron chi connectivity index (χ0n) is 13.7. The summed E-state index contributed by atoms with van der Waals surface area (Å²) in [4.78, 5) is 19.2. The van der Waals surface area contributed by atoms with Crippen molar-refractivity contribution in [3.8, 4) is 22.5 Å². The Morgan fingerprint density at radius 3 is 2.24 bits per heavy atom. The summed E-state index contributed by atoms with van der Waals surface area (Å²) in [6.45, 7) is 0. The van der Waals surface area contributed by atoms with Gasteiger partial charge in [0.2, 0.25) is 0 Å². The number of nitrogens with zero attached hydrogens (tertiary/aromatic N) is 1. The standard InChI is InChI=1S/C20H15BN2O2/c21-15-10-16(20(24)25)18-17(11-15)22-19(23-18)14-8-6-13(7-9-14)12-4-2-1-3-5-12/h1-11H,21H2,(H,22,23)(H,24,25). The lowest BCUT2D eigenvalue weighted by atomic mass is 9.93. The zero-order chi connectivity index (χ0) is 17.4. The van der Waals surface area contributed by atoms with Crippen molar-refractivity contribution >= 4 is 30.3 Å². The van der Waals surface area contributed by atoms with Crippen LogP contribution in [0.5, 0.6) is 0 Å². The Labute approximate surface area is 145 Å². The minimum absolute atomic E-state index is 0.221. The molecule has 4 aromatic rings. The fourth-order valence-electron chi connectivity index (χ4n) is 3.01. The topological polar surface area (TPSA) is 66.0 Å². The second-order valence-corrected chi connectivity index (χ2v) is 6.04. The third-order valence-corrected chi connectivity index (χ3v) is 4.23. The minimum Gasteiger partial charge on any atom is -0.478 e. The maximum atomic E-state index is 11.5. The Hall–Kier alpha value is -3.34. The van der Waals surface area contributed by atoms with Crippen LogP contribution < -0.4 is 5.46 Å². The van der Waals surface area contributed by atoms with E-state index in [-0.39, 0.29) is 5.56 Å². The molecule has 0 saturated carbocycles. The van der Waals surface area contributed by atoms with Gasteiger partial charge in [-0.3, -0.25) is 0 Å². The van der Waals surface area contributed by atoms with Crippen LogP contribution in [0.1, 0.15) is 10.4 Å². The molecule has 3 aromatic carbocycles. The van der Waals surface area contributed by atoms with Crippen molar-refractivity contribution in [2.75, 3.05) is 0 Å². The SMILES string of the molecule is Bc1cc(C(=O)O)c2nc(-c3ccc(-c4ccccc4)cc3)[nH]c2c1. The van der Waals surface area contributed by atoms with Gasteiger partial charge in [-0.25, -0.2) is 9.78 Å². The van der Waals surface area contributed by atoms with Crippen LogP contribution in [-0.4, -0.2) is 28.9 Å². The Morgan fingerprint density at radius 1 is 0.920 bits per heavy atom. The lowest BCUT2D eigenvalue weighted by Gasteiger charge is -2.02. The van der Waals surface area contributed by atoms with Gasteiger partial charge in [-0.2, -0.15) is 0 Å². The third kappa shape index (κ3) is 2.80. The average Bonchev–Trinajstić information content (AvgIpc) is 3.05. The van der Waals surface area contributed by atoms with Gasteiger partial charge in [0.25, 0.3) is 0 Å². The first-order valence-electron chi connectivity index (χ1n) is 8.01. The number of H-pyrrole nitrogens is 1. The van der Waals surface area contributed by atoms with Gasteiger partial charge in [-0.1, -0.05) is 66.1 Å². The lowest BCUT2D eigenvalue weighted by molar-refractivity contribution is 0.0699. The van der Waals surface area contributed by atoms with Gasteiger partial charge >= 0.3 is 5.97 Å². The summed E-state index contributed by atoms with van der Waals surface area (Å²) >= 11 is 0. The van der Waals surface area contributed by atoms with Crippen LogP contribution in [0.4, 0.5) is 0 Å². The highest BCUT2D eigenvalue weighted by Gasteiger charge is 2.14. The van der Waals surface area contributed by atoms with E-state index in [2.05, 4.69) is 22.1 Å². The van der Waals surface area contributed by atoms with E-state index in [4.69, 9.17) is 0 Å². The van der Waals surface area contributed by atoms with Crippen LogP contribution in [0, 0.1) is 0 Å². The van der Waals surface area contributed by atoms with Crippen LogP contribution >= 0.6 is 0 Å². The molecule has 0 aliphatic carbocycles. The molecule has 0 aliphatic rings. The van der Waals surface area contributed by atoms with E-state index in [9.17, 15) is 9.90 Å². The van der Waals surface area contributed by atoms with Gasteiger partial charge in [0, 0.05) is 5.56 Å². The molecule has 0 saturated heterocycles. The molecule has 4 rings (SSSR count). The molecule has 5 heteroatoms. The first kappa shape index (κ1) is 15.2. The summed E-state index contributed by atoms with van der Waals surface area (Å²) < 4.78 is 0. The number of fused-ring (bicyclic) bond motifs is 1. The number of rotatable bonds is 3. The summed E-state index contributed by atoms with van der Waals surface area (Å²) in [6.07, 6.45) is 0. The van der Waals surface area contributed by atoms with Crippen molar-refractivity contribution < 1.29 is 9.90 Å². The van der Waals surface area contributed by atoms with Crippen molar-refractivity contribution in [2.24, 2.45) is 0 Å². The molecule has 0 radical (unpaired) electrons. The summed E-state index contributed by atoms with van der Waals surface area (Å²) in [7, 11) is 1.88. The third-order valence-electron chi connectivity index (χ3n) is 4.23. The zero-order valence-corrected chi connectivity index (χ0v) is 13.7. The Morgan fingerprint density at radius 2 is 1.56 bits per heavy atom. The second-order valence-electron chi connectivity index (χ2n) is 6.04. The van der Waals surface area contributed by atoms with Gasteiger partial charge in [-0.15, -0.1) is 0 Å². The average molecular weight is 326 g/mol. The predicted octanol–water partition coefficient (Wildman–Crippen LogP) is 2.85. The smallest absolute Gasteiger partial charge is 0.337 e. The van der Waals surface area contributed by atoms with E-state index >= 15 is 0 Å². The number of hydrogen-bond donors (Lipinski definition) is 2. The van der Waals surface area contributed by atoms with Crippen LogP contribution in [0.15, 0.2) is 66.7 Å². The largest absolute Gasteiger partial charge is 0.478 e. The molecule has 4 nitrogen and oxygen atoms in total. The number of carbonyl (C=O) groups is 1. The predicted molar refractivity (Wildman–Crippen MR) is 102 cm³/mol. The van der Waals surface area contributed by atoms with E-state index in [1.54, 1.807) is 6.07 Å². The van der Waals surface area contributed by atoms with Crippen LogP contribution in [0.25, 0.3) is 33.5 Å². The number of aromatic carboxylic acids is 1. The number of nitrogens with one attached hydrogen (secondary N) is 1. The highest BCUT2D eigenvalue weighted by atomic mass is 16.4. The van der Waals surface area contributed by atoms with Crippen molar-refractivity contribution in [2.45, 2.75) is 0 Å². The molecule has 2 N–H and O–H groups in total. The molecule has 0 amide bonds. The number of carboxylic acid groups (broad SMARTS) is 1. The first-order valence-corrected chi connectivity index (χ1v) is 8.01. The Balaban J connectivity index is 1.77. The van der Waals surface area contributed by atoms with Gasteiger partial charge in [0.05, 0.1) is 11.1 Å². The molecular formula is C20H15BN2O2. The van der Waals surface area contributed by atoms with Gasteiger partial charge < -0.3 is 10.1 Å². The van der Waals surface area contributed by atoms with E-state index in [1.807, 2.05) is 56.4 Å². The summed E-state index contributed by atoms with van der Waals surface area (Å²) in [5.74, 6) is -0.297. The quantitative estimate of drug-likeness (QED) is 0.569. The van der Waals surface area contributed by atoms with E-state index < -0.39 is 5.97 Å². The van der Waals surface area contributed by atoms with Crippen LogP contribution in [-0.2, 0) is 0 Å². The molecule has 0 fully saturated rings. The number of imidazole rings is 1. The summed E-state index contributed by atoms with van der Waals surface area (Å²) in [6, 6.07) is 21.8. The van der Waals surface area contributed by atoms with E-state index in [0.29, 0.717) is 11.3 Å². The molecule has 0 atom stereocenters. The lowest BCUT2D eigenvalue weighted by Crippen LogP contribution is -2.07. The summed E-state index contributed by atoms with van der Waals surface area (Å²) in [5, 5.41) is 9.40. The molecule has 0 aliphatic heterocycles. The Bertz CT molecular complexity index is 1070. The molecule has 0 bridgehead atoms. The maximum Gasteiger partial charge on any atom is 0.337 e. The molecule has 25 heavy (non-hydrogen) atoms. The van der Waals surface area contributed by atoms with Crippen molar-refractivity contribution in [3.63, 3.8) is 0 Å². The van der Waals surface area contributed by atoms with Crippen molar-refractivity contribution in [3.05, 3.63) is 72.3 Å². The van der Waals surface area contributed by atoms with E-state index in [1.165, 1.54) is 0 Å². The fraction of sp³-hybridized carbons (Fsp3) is 0. The second kappa shape index (κ2) is 5.94. The minimum atomic E-state index is -0.967. The van der Waals surface area contributed by atoms with Crippen molar-refractivity contribution in [1.82, 2.24) is 9.97 Å². The van der Waals surface area contributed by atoms with Crippen molar-refractivity contribution in [1.29, 1.82) is 0 Å². The normalized spacial score (nSPS) is 10.9. The number of hydrogen-bond acceptors (Lipinski definition) is 2. The molecule has 120 valence electrons. The van der Waals surface area contributed by atoms with Crippen LogP contribution in [0.2, 0.25) is 0 Å². The van der Waals surface area contributed by atoms with Gasteiger partial charge in [-0.05, 0) is 17.2 Å². The Kier molecular flexibility index (Phi) is 3.62. The summed E-state index contributed by atoms with van der Waals surface area (Å²) in [5.41, 5.74) is 5.53. The number of aromatic amines is 1. The molecule has 1 heterocycles. The first-order chi connectivity index (χ1) is 12.1. The van der Waals surface area contributed by atoms with E-state index in [0.717, 1.165) is 27.7 Å². The maximum absolute atomic E-state index is 11.5. The highest BCUT2D eigenvalue weighted by Crippen LogP contribution is 2.25. The monoisotopic (exact) mass is 326 g/mol. The van der Waals surface area contributed by atoms with Gasteiger partial charge in [0.15, 0.2) is 0 Å². The number of aromatic nitrogens is 2.